The topological polar surface area (TPSA) is 69.3 Å². The number of hydrogen-bond acceptors (Lipinski definition) is 4. The molecule has 1 aromatic carbocycles. The van der Waals surface area contributed by atoms with Crippen molar-refractivity contribution in [2.24, 2.45) is 0 Å². The average molecular weight is 380 g/mol. The average Bonchev–Trinajstić information content (AvgIpc) is 3.49. The molecule has 0 radical (unpaired) electrons. The lowest BCUT2D eigenvalue weighted by Crippen LogP contribution is -2.49. The van der Waals surface area contributed by atoms with E-state index in [1.165, 1.54) is 5.56 Å². The highest BCUT2D eigenvalue weighted by atomic mass is 16.2. The van der Waals surface area contributed by atoms with Gasteiger partial charge in [-0.15, -0.1) is 0 Å². The summed E-state index contributed by atoms with van der Waals surface area (Å²) in [4.78, 5) is 37.1. The maximum Gasteiger partial charge on any atom is 0.240 e. The molecule has 4 rings (SSSR count). The zero-order valence-corrected chi connectivity index (χ0v) is 16.2. The van der Waals surface area contributed by atoms with Crippen molar-refractivity contribution in [3.63, 3.8) is 0 Å². The Kier molecular flexibility index (Phi) is 5.86. The lowest BCUT2D eigenvalue weighted by molar-refractivity contribution is -0.136. The fourth-order valence-electron chi connectivity index (χ4n) is 4.56. The molecule has 2 aromatic rings. The first-order valence-corrected chi connectivity index (χ1v) is 10.4. The number of rotatable bonds is 7. The van der Waals surface area contributed by atoms with Crippen LogP contribution in [0.1, 0.15) is 48.3 Å². The Balaban J connectivity index is 1.36. The van der Waals surface area contributed by atoms with Gasteiger partial charge in [0.15, 0.2) is 5.82 Å². The Labute approximate surface area is 165 Å². The van der Waals surface area contributed by atoms with E-state index >= 15 is 0 Å². The van der Waals surface area contributed by atoms with Crippen molar-refractivity contribution < 1.29 is 9.59 Å². The lowest BCUT2D eigenvalue weighted by Gasteiger charge is -2.30. The predicted molar refractivity (Wildman–Crippen MR) is 107 cm³/mol. The van der Waals surface area contributed by atoms with Gasteiger partial charge in [-0.1, -0.05) is 30.3 Å². The number of carbonyl (C=O) groups is 2. The van der Waals surface area contributed by atoms with Gasteiger partial charge in [-0.25, -0.2) is 4.98 Å². The highest BCUT2D eigenvalue weighted by molar-refractivity contribution is 6.00. The number of hydrogen-bond donors (Lipinski definition) is 1. The molecule has 2 fully saturated rings. The molecule has 3 heterocycles. The second kappa shape index (κ2) is 8.69. The quantitative estimate of drug-likeness (QED) is 0.750. The smallest absolute Gasteiger partial charge is 0.240 e. The van der Waals surface area contributed by atoms with Crippen LogP contribution >= 0.6 is 0 Å². The van der Waals surface area contributed by atoms with Crippen molar-refractivity contribution in [2.45, 2.75) is 50.6 Å². The molecule has 148 valence electrons. The third-order valence-corrected chi connectivity index (χ3v) is 5.97. The number of Topliss-reactive ketones (excluding diaryl/α,β-unsaturated/α-hetero) is 1. The minimum atomic E-state index is -0.370. The molecule has 2 atom stereocenters. The standard InChI is InChI=1S/C22H28N4O2/c27-20(21-23-12-13-24-21)18-10-6-16-26(18)22(28)19-11-5-15-25(19)14-4-9-17-7-2-1-3-8-17/h1-3,7-8,12-13,18-19H,4-6,9-11,14-16H2,(H,23,24)/t18-,19-/m0/s1. The van der Waals surface area contributed by atoms with Crippen molar-refractivity contribution in [2.75, 3.05) is 19.6 Å². The van der Waals surface area contributed by atoms with Crippen molar-refractivity contribution in [3.05, 3.63) is 54.1 Å². The number of aryl methyl sites for hydroxylation is 1. The zero-order valence-electron chi connectivity index (χ0n) is 16.2. The maximum atomic E-state index is 13.3. The fourth-order valence-corrected chi connectivity index (χ4v) is 4.56. The molecule has 0 saturated carbocycles. The van der Waals surface area contributed by atoms with Gasteiger partial charge in [0.2, 0.25) is 11.7 Å². The van der Waals surface area contributed by atoms with Crippen molar-refractivity contribution >= 4 is 11.7 Å². The van der Waals surface area contributed by atoms with E-state index in [4.69, 9.17) is 0 Å². The zero-order chi connectivity index (χ0) is 19.3. The van der Waals surface area contributed by atoms with Crippen LogP contribution in [-0.2, 0) is 11.2 Å². The molecule has 0 aliphatic carbocycles. The highest BCUT2D eigenvalue weighted by Crippen LogP contribution is 2.26. The first kappa shape index (κ1) is 18.9. The predicted octanol–water partition coefficient (Wildman–Crippen LogP) is 2.68. The van der Waals surface area contributed by atoms with Crippen molar-refractivity contribution in [1.82, 2.24) is 19.8 Å². The summed E-state index contributed by atoms with van der Waals surface area (Å²) in [6.45, 7) is 2.57. The van der Waals surface area contributed by atoms with Gasteiger partial charge in [0.25, 0.3) is 0 Å². The van der Waals surface area contributed by atoms with Crippen LogP contribution in [0.3, 0.4) is 0 Å². The molecule has 0 bridgehead atoms. The lowest BCUT2D eigenvalue weighted by atomic mass is 10.1. The van der Waals surface area contributed by atoms with E-state index in [1.54, 1.807) is 12.4 Å². The number of nitrogens with one attached hydrogen (secondary N) is 1. The number of benzene rings is 1. The molecule has 2 aliphatic heterocycles. The van der Waals surface area contributed by atoms with E-state index in [0.717, 1.165) is 51.6 Å². The van der Waals surface area contributed by atoms with E-state index in [1.807, 2.05) is 11.0 Å². The molecule has 0 unspecified atom stereocenters. The number of amides is 1. The van der Waals surface area contributed by atoms with E-state index < -0.39 is 0 Å². The van der Waals surface area contributed by atoms with Crippen LogP contribution in [-0.4, -0.2) is 63.2 Å². The summed E-state index contributed by atoms with van der Waals surface area (Å²) in [5, 5.41) is 0. The fraction of sp³-hybridized carbons (Fsp3) is 0.500. The van der Waals surface area contributed by atoms with Gasteiger partial charge >= 0.3 is 0 Å². The molecular weight excluding hydrogens is 352 g/mol. The van der Waals surface area contributed by atoms with Gasteiger partial charge in [0, 0.05) is 18.9 Å². The SMILES string of the molecule is O=C(c1ncc[nH]1)[C@@H]1CCCN1C(=O)[C@@H]1CCCN1CCCc1ccccc1. The van der Waals surface area contributed by atoms with Crippen LogP contribution in [0, 0.1) is 0 Å². The number of aromatic nitrogens is 2. The molecule has 0 spiro atoms. The van der Waals surface area contributed by atoms with E-state index in [-0.39, 0.29) is 23.8 Å². The summed E-state index contributed by atoms with van der Waals surface area (Å²) in [7, 11) is 0. The third kappa shape index (κ3) is 4.02. The summed E-state index contributed by atoms with van der Waals surface area (Å²) in [5.74, 6) is 0.417. The first-order valence-electron chi connectivity index (χ1n) is 10.4. The molecule has 1 N–H and O–H groups in total. The van der Waals surface area contributed by atoms with E-state index in [2.05, 4.69) is 39.1 Å². The Bertz CT molecular complexity index is 790. The molecule has 2 aliphatic rings. The summed E-state index contributed by atoms with van der Waals surface area (Å²) in [6.07, 6.45) is 8.86. The minimum Gasteiger partial charge on any atom is -0.342 e. The van der Waals surface area contributed by atoms with Crippen molar-refractivity contribution in [3.8, 4) is 0 Å². The Morgan fingerprint density at radius 3 is 2.64 bits per heavy atom. The summed E-state index contributed by atoms with van der Waals surface area (Å²) >= 11 is 0. The number of imidazole rings is 1. The Morgan fingerprint density at radius 2 is 1.86 bits per heavy atom. The number of likely N-dealkylation sites (tertiary alicyclic amines) is 2. The van der Waals surface area contributed by atoms with Crippen LogP contribution in [0.5, 0.6) is 0 Å². The molecular formula is C22H28N4O2. The number of aromatic amines is 1. The van der Waals surface area contributed by atoms with Gasteiger partial charge in [-0.2, -0.15) is 0 Å². The maximum absolute atomic E-state index is 13.3. The Hall–Kier alpha value is -2.47. The molecule has 28 heavy (non-hydrogen) atoms. The number of carbonyl (C=O) groups excluding carboxylic acids is 2. The molecule has 6 heteroatoms. The van der Waals surface area contributed by atoms with Crippen molar-refractivity contribution in [1.29, 1.82) is 0 Å². The number of nitrogens with zero attached hydrogens (tertiary/aromatic N) is 3. The monoisotopic (exact) mass is 380 g/mol. The van der Waals surface area contributed by atoms with E-state index in [0.29, 0.717) is 12.4 Å². The van der Waals surface area contributed by atoms with E-state index in [9.17, 15) is 9.59 Å². The van der Waals surface area contributed by atoms with Crippen LogP contribution in [0.2, 0.25) is 0 Å². The largest absolute Gasteiger partial charge is 0.342 e. The normalized spacial score (nSPS) is 22.6. The summed E-state index contributed by atoms with van der Waals surface area (Å²) < 4.78 is 0. The van der Waals surface area contributed by atoms with Gasteiger partial charge < -0.3 is 9.88 Å². The van der Waals surface area contributed by atoms with Crippen LogP contribution in [0.25, 0.3) is 0 Å². The second-order valence-electron chi connectivity index (χ2n) is 7.77. The molecule has 1 amide bonds. The van der Waals surface area contributed by atoms with Gasteiger partial charge in [-0.05, 0) is 57.2 Å². The molecule has 2 saturated heterocycles. The highest BCUT2D eigenvalue weighted by Gasteiger charge is 2.41. The summed E-state index contributed by atoms with van der Waals surface area (Å²) in [5.41, 5.74) is 1.34. The summed E-state index contributed by atoms with van der Waals surface area (Å²) in [6, 6.07) is 10.0. The van der Waals surface area contributed by atoms with Gasteiger partial charge in [0.05, 0.1) is 12.1 Å². The second-order valence-corrected chi connectivity index (χ2v) is 7.77. The first-order chi connectivity index (χ1) is 13.7. The van der Waals surface area contributed by atoms with Gasteiger partial charge in [0.1, 0.15) is 0 Å². The van der Waals surface area contributed by atoms with Crippen LogP contribution in [0.4, 0.5) is 0 Å². The van der Waals surface area contributed by atoms with Crippen LogP contribution in [0.15, 0.2) is 42.7 Å². The minimum absolute atomic E-state index is 0.0653. The number of H-pyrrole nitrogens is 1. The van der Waals surface area contributed by atoms with Gasteiger partial charge in [-0.3, -0.25) is 14.5 Å². The van der Waals surface area contributed by atoms with Crippen LogP contribution < -0.4 is 0 Å². The molecule has 1 aromatic heterocycles. The third-order valence-electron chi connectivity index (χ3n) is 5.97. The number of ketones is 1. The molecule has 6 nitrogen and oxygen atoms in total. The Morgan fingerprint density at radius 1 is 1.07 bits per heavy atom.